The van der Waals surface area contributed by atoms with Crippen molar-refractivity contribution in [3.63, 3.8) is 0 Å². The van der Waals surface area contributed by atoms with Gasteiger partial charge in [0.1, 0.15) is 18.0 Å². The van der Waals surface area contributed by atoms with Crippen LogP contribution in [0.1, 0.15) is 31.9 Å². The number of benzene rings is 2. The Balaban J connectivity index is 1.37. The molecule has 0 saturated carbocycles. The molecule has 0 fully saturated rings. The SMILES string of the molecule is CC(C)(C)OC(=O)COc1ccc(Cc2cnc3c(c2)OCCN3C(=O)Nc2ccccc2)cc1. The molecule has 2 aromatic carbocycles. The molecule has 182 valence electrons. The number of nitrogens with one attached hydrogen (secondary N) is 1. The Kier molecular flexibility index (Phi) is 7.19. The summed E-state index contributed by atoms with van der Waals surface area (Å²) in [5.74, 6) is 1.26. The number of rotatable bonds is 6. The van der Waals surface area contributed by atoms with Gasteiger partial charge in [0.05, 0.1) is 6.54 Å². The Morgan fingerprint density at radius 2 is 1.80 bits per heavy atom. The van der Waals surface area contributed by atoms with Gasteiger partial charge in [-0.1, -0.05) is 30.3 Å². The summed E-state index contributed by atoms with van der Waals surface area (Å²) in [6.07, 6.45) is 2.38. The first-order chi connectivity index (χ1) is 16.8. The smallest absolute Gasteiger partial charge is 0.344 e. The summed E-state index contributed by atoms with van der Waals surface area (Å²) in [6, 6.07) is 18.5. The predicted molar refractivity (Wildman–Crippen MR) is 133 cm³/mol. The molecule has 1 N–H and O–H groups in total. The fourth-order valence-corrected chi connectivity index (χ4v) is 3.60. The lowest BCUT2D eigenvalue weighted by atomic mass is 10.1. The standard InChI is InChI=1S/C27H29N3O5/c1-27(2,3)35-24(31)18-34-22-11-9-19(10-12-22)15-20-16-23-25(28-17-20)30(13-14-33-23)26(32)29-21-7-5-4-6-8-21/h4-12,16-17H,13-15,18H2,1-3H3,(H,29,32). The molecule has 0 atom stereocenters. The highest BCUT2D eigenvalue weighted by atomic mass is 16.6. The highest BCUT2D eigenvalue weighted by molar-refractivity contribution is 6.02. The third-order valence-electron chi connectivity index (χ3n) is 5.10. The van der Waals surface area contributed by atoms with Gasteiger partial charge in [0.2, 0.25) is 0 Å². The van der Waals surface area contributed by atoms with Crippen LogP contribution in [0.4, 0.5) is 16.3 Å². The maximum absolute atomic E-state index is 12.8. The number of para-hydroxylation sites is 1. The second kappa shape index (κ2) is 10.5. The minimum absolute atomic E-state index is 0.142. The third kappa shape index (κ3) is 6.72. The summed E-state index contributed by atoms with van der Waals surface area (Å²) in [5.41, 5.74) is 2.18. The fourth-order valence-electron chi connectivity index (χ4n) is 3.60. The number of aromatic nitrogens is 1. The van der Waals surface area contributed by atoms with Crippen LogP contribution in [0.25, 0.3) is 0 Å². The molecule has 1 aromatic heterocycles. The van der Waals surface area contributed by atoms with Crippen molar-refractivity contribution in [2.24, 2.45) is 0 Å². The van der Waals surface area contributed by atoms with Crippen molar-refractivity contribution >= 4 is 23.5 Å². The summed E-state index contributed by atoms with van der Waals surface area (Å²) < 4.78 is 16.6. The van der Waals surface area contributed by atoms with Crippen LogP contribution in [-0.4, -0.2) is 42.3 Å². The van der Waals surface area contributed by atoms with Crippen LogP contribution >= 0.6 is 0 Å². The average Bonchev–Trinajstić information content (AvgIpc) is 2.82. The molecule has 1 aliphatic heterocycles. The highest BCUT2D eigenvalue weighted by Crippen LogP contribution is 2.31. The minimum Gasteiger partial charge on any atom is -0.488 e. The van der Waals surface area contributed by atoms with Gasteiger partial charge in [-0.2, -0.15) is 0 Å². The molecule has 35 heavy (non-hydrogen) atoms. The molecule has 8 nitrogen and oxygen atoms in total. The maximum atomic E-state index is 12.8. The summed E-state index contributed by atoms with van der Waals surface area (Å²) in [5, 5.41) is 2.89. The quantitative estimate of drug-likeness (QED) is 0.514. The number of urea groups is 1. The lowest BCUT2D eigenvalue weighted by molar-refractivity contribution is -0.157. The van der Waals surface area contributed by atoms with Crippen LogP contribution in [0.2, 0.25) is 0 Å². The molecule has 1 aliphatic rings. The number of pyridine rings is 1. The Labute approximate surface area is 204 Å². The number of fused-ring (bicyclic) bond motifs is 1. The van der Waals surface area contributed by atoms with E-state index < -0.39 is 11.6 Å². The lowest BCUT2D eigenvalue weighted by Gasteiger charge is -2.28. The molecule has 8 heteroatoms. The normalized spacial score (nSPS) is 12.8. The number of amides is 2. The number of hydrogen-bond donors (Lipinski definition) is 1. The Hall–Kier alpha value is -4.07. The number of carbonyl (C=O) groups is 2. The van der Waals surface area contributed by atoms with E-state index in [-0.39, 0.29) is 12.6 Å². The summed E-state index contributed by atoms with van der Waals surface area (Å²) in [4.78, 5) is 30.7. The number of esters is 1. The van der Waals surface area contributed by atoms with Crippen molar-refractivity contribution in [3.05, 3.63) is 78.0 Å². The highest BCUT2D eigenvalue weighted by Gasteiger charge is 2.25. The first-order valence-corrected chi connectivity index (χ1v) is 11.5. The van der Waals surface area contributed by atoms with E-state index in [0.717, 1.165) is 16.8 Å². The molecule has 0 bridgehead atoms. The van der Waals surface area contributed by atoms with Crippen LogP contribution in [0.15, 0.2) is 66.9 Å². The number of carbonyl (C=O) groups excluding carboxylic acids is 2. The van der Waals surface area contributed by atoms with Gasteiger partial charge in [0.15, 0.2) is 18.2 Å². The maximum Gasteiger partial charge on any atom is 0.344 e. The molecule has 4 rings (SSSR count). The van der Waals surface area contributed by atoms with E-state index in [4.69, 9.17) is 14.2 Å². The van der Waals surface area contributed by atoms with E-state index >= 15 is 0 Å². The Bertz CT molecular complexity index is 1170. The van der Waals surface area contributed by atoms with Gasteiger partial charge in [0, 0.05) is 11.9 Å². The Morgan fingerprint density at radius 1 is 1.06 bits per heavy atom. The van der Waals surface area contributed by atoms with Crippen molar-refractivity contribution in [3.8, 4) is 11.5 Å². The minimum atomic E-state index is -0.542. The van der Waals surface area contributed by atoms with Gasteiger partial charge >= 0.3 is 12.0 Å². The second-order valence-corrected chi connectivity index (χ2v) is 9.16. The van der Waals surface area contributed by atoms with Gasteiger partial charge in [0.25, 0.3) is 0 Å². The van der Waals surface area contributed by atoms with E-state index in [1.807, 2.05) is 81.4 Å². The Morgan fingerprint density at radius 3 is 2.51 bits per heavy atom. The topological polar surface area (TPSA) is 90.0 Å². The zero-order valence-corrected chi connectivity index (χ0v) is 20.1. The van der Waals surface area contributed by atoms with Gasteiger partial charge in [-0.25, -0.2) is 14.6 Å². The van der Waals surface area contributed by atoms with Crippen LogP contribution in [-0.2, 0) is 16.0 Å². The van der Waals surface area contributed by atoms with Crippen molar-refractivity contribution in [2.75, 3.05) is 30.0 Å². The average molecular weight is 476 g/mol. The number of anilines is 2. The van der Waals surface area contributed by atoms with Crippen LogP contribution in [0, 0.1) is 0 Å². The van der Waals surface area contributed by atoms with Gasteiger partial charge in [-0.3, -0.25) is 4.90 Å². The zero-order chi connectivity index (χ0) is 24.8. The predicted octanol–water partition coefficient (Wildman–Crippen LogP) is 4.82. The molecule has 0 saturated heterocycles. The molecule has 2 heterocycles. The van der Waals surface area contributed by atoms with Crippen LogP contribution in [0.5, 0.6) is 11.5 Å². The largest absolute Gasteiger partial charge is 0.488 e. The van der Waals surface area contributed by atoms with Gasteiger partial charge in [-0.15, -0.1) is 0 Å². The fraction of sp³-hybridized carbons (Fsp3) is 0.296. The van der Waals surface area contributed by atoms with E-state index in [9.17, 15) is 9.59 Å². The molecule has 0 aliphatic carbocycles. The van der Waals surface area contributed by atoms with Crippen molar-refractivity contribution in [1.29, 1.82) is 0 Å². The van der Waals surface area contributed by atoms with E-state index in [1.54, 1.807) is 11.1 Å². The van der Waals surface area contributed by atoms with Crippen LogP contribution in [0.3, 0.4) is 0 Å². The molecular weight excluding hydrogens is 446 g/mol. The third-order valence-corrected chi connectivity index (χ3v) is 5.10. The zero-order valence-electron chi connectivity index (χ0n) is 20.1. The summed E-state index contributed by atoms with van der Waals surface area (Å²) >= 11 is 0. The summed E-state index contributed by atoms with van der Waals surface area (Å²) in [7, 11) is 0. The second-order valence-electron chi connectivity index (χ2n) is 9.16. The number of ether oxygens (including phenoxy) is 3. The number of hydrogen-bond acceptors (Lipinski definition) is 6. The molecule has 0 unspecified atom stereocenters. The van der Waals surface area contributed by atoms with E-state index in [1.165, 1.54) is 0 Å². The first-order valence-electron chi connectivity index (χ1n) is 11.5. The molecule has 0 radical (unpaired) electrons. The van der Waals surface area contributed by atoms with Gasteiger partial charge < -0.3 is 19.5 Å². The molecule has 2 amide bonds. The number of nitrogens with zero attached hydrogens (tertiary/aromatic N) is 2. The molecule has 3 aromatic rings. The first kappa shape index (κ1) is 24.1. The van der Waals surface area contributed by atoms with Crippen LogP contribution < -0.4 is 19.7 Å². The van der Waals surface area contributed by atoms with Crippen molar-refractivity contribution < 1.29 is 23.8 Å². The molecule has 0 spiro atoms. The van der Waals surface area contributed by atoms with Gasteiger partial charge in [-0.05, 0) is 68.7 Å². The molecular formula is C27H29N3O5. The van der Waals surface area contributed by atoms with E-state index in [0.29, 0.717) is 36.9 Å². The van der Waals surface area contributed by atoms with Crippen molar-refractivity contribution in [2.45, 2.75) is 32.8 Å². The van der Waals surface area contributed by atoms with E-state index in [2.05, 4.69) is 10.3 Å². The van der Waals surface area contributed by atoms with Crippen molar-refractivity contribution in [1.82, 2.24) is 4.98 Å². The monoisotopic (exact) mass is 475 g/mol. The summed E-state index contributed by atoms with van der Waals surface area (Å²) in [6.45, 7) is 6.12. The lowest BCUT2D eigenvalue weighted by Crippen LogP contribution is -2.41.